The molecule has 0 saturated carbocycles. The van der Waals surface area contributed by atoms with Gasteiger partial charge in [0.05, 0.1) is 5.69 Å². The van der Waals surface area contributed by atoms with E-state index in [1.54, 1.807) is 18.2 Å². The number of ether oxygens (including phenoxy) is 1. The summed E-state index contributed by atoms with van der Waals surface area (Å²) >= 11 is 3.42. The number of alkyl halides is 2. The van der Waals surface area contributed by atoms with Gasteiger partial charge in [-0.3, -0.25) is 4.79 Å². The predicted molar refractivity (Wildman–Crippen MR) is 89.6 cm³/mol. The van der Waals surface area contributed by atoms with E-state index in [1.807, 2.05) is 25.1 Å². The van der Waals surface area contributed by atoms with Crippen LogP contribution in [0.4, 0.5) is 14.5 Å². The summed E-state index contributed by atoms with van der Waals surface area (Å²) < 4.78 is 29.9. The number of amides is 1. The Labute approximate surface area is 141 Å². The summed E-state index contributed by atoms with van der Waals surface area (Å²) in [6.07, 6.45) is 2.96. The van der Waals surface area contributed by atoms with Crippen LogP contribution in [0.3, 0.4) is 0 Å². The molecule has 0 unspecified atom stereocenters. The maximum absolute atomic E-state index is 12.3. The number of nitrogens with one attached hydrogen (secondary N) is 1. The minimum atomic E-state index is -2.95. The average Bonchev–Trinajstić information content (AvgIpc) is 2.48. The minimum Gasteiger partial charge on any atom is -0.433 e. The number of hydrogen-bond acceptors (Lipinski definition) is 2. The Morgan fingerprint density at radius 1 is 1.26 bits per heavy atom. The maximum Gasteiger partial charge on any atom is 0.387 e. The second-order valence-corrected chi connectivity index (χ2v) is 5.58. The normalized spacial score (nSPS) is 11.0. The number of halogens is 3. The van der Waals surface area contributed by atoms with Crippen molar-refractivity contribution >= 4 is 33.6 Å². The van der Waals surface area contributed by atoms with Gasteiger partial charge in [0.15, 0.2) is 0 Å². The molecule has 2 aromatic rings. The van der Waals surface area contributed by atoms with Crippen LogP contribution in [-0.4, -0.2) is 12.5 Å². The lowest BCUT2D eigenvalue weighted by Crippen LogP contribution is -2.11. The summed E-state index contributed by atoms with van der Waals surface area (Å²) in [6.45, 7) is -0.989. The Kier molecular flexibility index (Phi) is 5.87. The molecule has 0 aliphatic rings. The standard InChI is InChI=1S/C17H14BrF2NO2/c1-11-6-7-12(13(18)10-11)8-9-16(22)21-14-4-2-3-5-15(14)23-17(19)20/h2-10,17H,1H3,(H,21,22)/b9-8+. The Morgan fingerprint density at radius 2 is 2.00 bits per heavy atom. The maximum atomic E-state index is 12.3. The summed E-state index contributed by atoms with van der Waals surface area (Å²) in [5.41, 5.74) is 2.12. The van der Waals surface area contributed by atoms with E-state index in [2.05, 4.69) is 26.0 Å². The Hall–Kier alpha value is -2.21. The number of benzene rings is 2. The molecule has 0 aliphatic carbocycles. The van der Waals surface area contributed by atoms with Crippen LogP contribution in [0, 0.1) is 6.92 Å². The lowest BCUT2D eigenvalue weighted by molar-refractivity contribution is -0.111. The zero-order valence-electron chi connectivity index (χ0n) is 12.2. The molecule has 0 radical (unpaired) electrons. The largest absolute Gasteiger partial charge is 0.433 e. The number of hydrogen-bond donors (Lipinski definition) is 1. The summed E-state index contributed by atoms with van der Waals surface area (Å²) in [6, 6.07) is 11.8. The first-order chi connectivity index (χ1) is 11.0. The predicted octanol–water partition coefficient (Wildman–Crippen LogP) is 5.01. The van der Waals surface area contributed by atoms with Gasteiger partial charge in [-0.1, -0.05) is 40.2 Å². The van der Waals surface area contributed by atoms with Gasteiger partial charge >= 0.3 is 6.61 Å². The van der Waals surface area contributed by atoms with Gasteiger partial charge in [-0.25, -0.2) is 0 Å². The summed E-state index contributed by atoms with van der Waals surface area (Å²) in [5.74, 6) is -0.524. The van der Waals surface area contributed by atoms with Crippen LogP contribution in [0.15, 0.2) is 53.0 Å². The van der Waals surface area contributed by atoms with Crippen molar-refractivity contribution in [3.63, 3.8) is 0 Å². The Bertz CT molecular complexity index is 732. The molecule has 0 heterocycles. The first-order valence-corrected chi connectivity index (χ1v) is 7.54. The van der Waals surface area contributed by atoms with Crippen molar-refractivity contribution in [2.45, 2.75) is 13.5 Å². The highest BCUT2D eigenvalue weighted by atomic mass is 79.9. The molecule has 0 spiro atoms. The van der Waals surface area contributed by atoms with Crippen LogP contribution in [0.5, 0.6) is 5.75 Å². The lowest BCUT2D eigenvalue weighted by atomic mass is 10.1. The van der Waals surface area contributed by atoms with Gasteiger partial charge in [0.2, 0.25) is 5.91 Å². The average molecular weight is 382 g/mol. The van der Waals surface area contributed by atoms with Crippen molar-refractivity contribution in [1.29, 1.82) is 0 Å². The lowest BCUT2D eigenvalue weighted by Gasteiger charge is -2.10. The highest BCUT2D eigenvalue weighted by Gasteiger charge is 2.10. The Morgan fingerprint density at radius 3 is 2.70 bits per heavy atom. The van der Waals surface area contributed by atoms with Gasteiger partial charge in [-0.15, -0.1) is 0 Å². The van der Waals surface area contributed by atoms with Crippen molar-refractivity contribution in [2.75, 3.05) is 5.32 Å². The molecule has 3 nitrogen and oxygen atoms in total. The molecule has 0 bridgehead atoms. The summed E-state index contributed by atoms with van der Waals surface area (Å²) in [7, 11) is 0. The highest BCUT2D eigenvalue weighted by Crippen LogP contribution is 2.25. The summed E-state index contributed by atoms with van der Waals surface area (Å²) in [4.78, 5) is 11.9. The number of para-hydroxylation sites is 2. The number of rotatable bonds is 5. The van der Waals surface area contributed by atoms with E-state index >= 15 is 0 Å². The molecular formula is C17H14BrF2NO2. The molecule has 23 heavy (non-hydrogen) atoms. The molecule has 0 fully saturated rings. The van der Waals surface area contributed by atoms with Crippen molar-refractivity contribution in [1.82, 2.24) is 0 Å². The third kappa shape index (κ3) is 5.17. The van der Waals surface area contributed by atoms with E-state index in [-0.39, 0.29) is 11.4 Å². The van der Waals surface area contributed by atoms with E-state index in [9.17, 15) is 13.6 Å². The molecule has 2 rings (SSSR count). The third-order valence-electron chi connectivity index (χ3n) is 2.93. The fraction of sp³-hybridized carbons (Fsp3) is 0.118. The van der Waals surface area contributed by atoms with E-state index in [0.29, 0.717) is 0 Å². The van der Waals surface area contributed by atoms with Gasteiger partial charge in [0.25, 0.3) is 0 Å². The van der Waals surface area contributed by atoms with Crippen LogP contribution < -0.4 is 10.1 Å². The fourth-order valence-electron chi connectivity index (χ4n) is 1.88. The topological polar surface area (TPSA) is 38.3 Å². The molecule has 0 aliphatic heterocycles. The first kappa shape index (κ1) is 17.1. The molecule has 1 N–H and O–H groups in total. The first-order valence-electron chi connectivity index (χ1n) is 6.75. The van der Waals surface area contributed by atoms with E-state index in [4.69, 9.17) is 0 Å². The zero-order valence-corrected chi connectivity index (χ0v) is 13.8. The van der Waals surface area contributed by atoms with Crippen molar-refractivity contribution < 1.29 is 18.3 Å². The number of aryl methyl sites for hydroxylation is 1. The SMILES string of the molecule is Cc1ccc(/C=C/C(=O)Nc2ccccc2OC(F)F)c(Br)c1. The van der Waals surface area contributed by atoms with E-state index in [1.165, 1.54) is 18.2 Å². The summed E-state index contributed by atoms with van der Waals surface area (Å²) in [5, 5.41) is 2.52. The molecule has 0 saturated heterocycles. The van der Waals surface area contributed by atoms with Gasteiger partial charge in [-0.2, -0.15) is 8.78 Å². The molecule has 6 heteroatoms. The highest BCUT2D eigenvalue weighted by molar-refractivity contribution is 9.10. The fourth-order valence-corrected chi connectivity index (χ4v) is 2.50. The van der Waals surface area contributed by atoms with E-state index in [0.717, 1.165) is 15.6 Å². The van der Waals surface area contributed by atoms with Crippen LogP contribution >= 0.6 is 15.9 Å². The minimum absolute atomic E-state index is 0.0826. The number of carbonyl (C=O) groups excluding carboxylic acids is 1. The molecular weight excluding hydrogens is 368 g/mol. The smallest absolute Gasteiger partial charge is 0.387 e. The second-order valence-electron chi connectivity index (χ2n) is 4.72. The third-order valence-corrected chi connectivity index (χ3v) is 3.62. The molecule has 120 valence electrons. The van der Waals surface area contributed by atoms with Crippen LogP contribution in [0.2, 0.25) is 0 Å². The van der Waals surface area contributed by atoms with Gasteiger partial charge < -0.3 is 10.1 Å². The van der Waals surface area contributed by atoms with Gasteiger partial charge in [-0.05, 0) is 42.3 Å². The zero-order chi connectivity index (χ0) is 16.8. The molecule has 2 aromatic carbocycles. The molecule has 0 aromatic heterocycles. The number of anilines is 1. The van der Waals surface area contributed by atoms with Crippen molar-refractivity contribution in [3.8, 4) is 5.75 Å². The monoisotopic (exact) mass is 381 g/mol. The van der Waals surface area contributed by atoms with Crippen molar-refractivity contribution in [2.24, 2.45) is 0 Å². The molecule has 0 atom stereocenters. The quantitative estimate of drug-likeness (QED) is 0.739. The van der Waals surface area contributed by atoms with Crippen LogP contribution in [0.25, 0.3) is 6.08 Å². The van der Waals surface area contributed by atoms with Crippen LogP contribution in [0.1, 0.15) is 11.1 Å². The second kappa shape index (κ2) is 7.87. The van der Waals surface area contributed by atoms with E-state index < -0.39 is 12.5 Å². The Balaban J connectivity index is 2.09. The van der Waals surface area contributed by atoms with Gasteiger partial charge in [0.1, 0.15) is 5.75 Å². The van der Waals surface area contributed by atoms with Crippen LogP contribution in [-0.2, 0) is 4.79 Å². The van der Waals surface area contributed by atoms with Gasteiger partial charge in [0, 0.05) is 10.5 Å². The molecule has 1 amide bonds. The number of carbonyl (C=O) groups is 1. The van der Waals surface area contributed by atoms with Crippen molar-refractivity contribution in [3.05, 3.63) is 64.1 Å².